The Kier molecular flexibility index (Phi) is 3.19. The summed E-state index contributed by atoms with van der Waals surface area (Å²) in [5.41, 5.74) is -0.754. The van der Waals surface area contributed by atoms with Crippen molar-refractivity contribution in [3.63, 3.8) is 0 Å². The van der Waals surface area contributed by atoms with Crippen LogP contribution in [0.5, 0.6) is 0 Å². The average Bonchev–Trinajstić information content (AvgIpc) is 2.74. The van der Waals surface area contributed by atoms with Gasteiger partial charge in [-0.15, -0.1) is 5.10 Å². The van der Waals surface area contributed by atoms with Crippen LogP contribution >= 0.6 is 0 Å². The summed E-state index contributed by atoms with van der Waals surface area (Å²) in [5, 5.41) is 19.0. The van der Waals surface area contributed by atoms with Gasteiger partial charge in [-0.25, -0.2) is 0 Å². The minimum atomic E-state index is -1.08. The number of aromatic nitrogens is 3. The molecule has 0 aliphatic carbocycles. The quantitative estimate of drug-likeness (QED) is 0.643. The Bertz CT molecular complexity index is 654. The number of rotatable bonds is 3. The predicted octanol–water partition coefficient (Wildman–Crippen LogP) is 1.41. The van der Waals surface area contributed by atoms with Gasteiger partial charge < -0.3 is 0 Å². The number of aryl methyl sites for hydroxylation is 1. The molecular formula is C10H8FN5O3. The van der Waals surface area contributed by atoms with E-state index in [1.54, 1.807) is 6.92 Å². The summed E-state index contributed by atoms with van der Waals surface area (Å²) in [6.07, 6.45) is 0. The Morgan fingerprint density at radius 1 is 1.53 bits per heavy atom. The van der Waals surface area contributed by atoms with Gasteiger partial charge in [0.05, 0.1) is 4.92 Å². The molecule has 0 fully saturated rings. The van der Waals surface area contributed by atoms with E-state index in [1.807, 2.05) is 0 Å². The van der Waals surface area contributed by atoms with Gasteiger partial charge in [-0.3, -0.25) is 25.3 Å². The number of aromatic amines is 1. The van der Waals surface area contributed by atoms with Crippen LogP contribution in [-0.2, 0) is 0 Å². The van der Waals surface area contributed by atoms with E-state index in [0.717, 1.165) is 18.2 Å². The molecule has 0 saturated carbocycles. The zero-order valence-electron chi connectivity index (χ0n) is 9.68. The number of carbonyl (C=O) groups is 1. The normalized spacial score (nSPS) is 10.2. The van der Waals surface area contributed by atoms with Crippen molar-refractivity contribution in [2.45, 2.75) is 6.92 Å². The maximum Gasteiger partial charge on any atom is 0.304 e. The minimum Gasteiger partial charge on any atom is -0.289 e. The second kappa shape index (κ2) is 4.80. The fourth-order valence-corrected chi connectivity index (χ4v) is 1.37. The topological polar surface area (TPSA) is 114 Å². The smallest absolute Gasteiger partial charge is 0.289 e. The fourth-order valence-electron chi connectivity index (χ4n) is 1.37. The summed E-state index contributed by atoms with van der Waals surface area (Å²) < 4.78 is 13.3. The summed E-state index contributed by atoms with van der Waals surface area (Å²) in [7, 11) is 0. The number of nitro benzene ring substituents is 1. The number of halogens is 1. The van der Waals surface area contributed by atoms with Gasteiger partial charge in [0.25, 0.3) is 5.91 Å². The van der Waals surface area contributed by atoms with Crippen molar-refractivity contribution in [2.75, 3.05) is 5.32 Å². The van der Waals surface area contributed by atoms with E-state index in [1.165, 1.54) is 0 Å². The summed E-state index contributed by atoms with van der Waals surface area (Å²) in [6, 6.07) is 2.86. The largest absolute Gasteiger partial charge is 0.304 e. The van der Waals surface area contributed by atoms with Crippen molar-refractivity contribution in [2.24, 2.45) is 0 Å². The summed E-state index contributed by atoms with van der Waals surface area (Å²) in [5.74, 6) is -1.19. The van der Waals surface area contributed by atoms with Gasteiger partial charge in [0.15, 0.2) is 0 Å². The number of carbonyl (C=O) groups excluding carboxylic acids is 1. The third-order valence-corrected chi connectivity index (χ3v) is 2.23. The van der Waals surface area contributed by atoms with E-state index >= 15 is 0 Å². The summed E-state index contributed by atoms with van der Waals surface area (Å²) >= 11 is 0. The minimum absolute atomic E-state index is 0.0428. The third-order valence-electron chi connectivity index (χ3n) is 2.23. The molecule has 0 atom stereocenters. The van der Waals surface area contributed by atoms with E-state index in [0.29, 0.717) is 5.82 Å². The predicted molar refractivity (Wildman–Crippen MR) is 62.1 cm³/mol. The molecule has 0 aliphatic heterocycles. The van der Waals surface area contributed by atoms with Crippen molar-refractivity contribution < 1.29 is 14.1 Å². The van der Waals surface area contributed by atoms with Crippen LogP contribution in [0, 0.1) is 22.9 Å². The highest BCUT2D eigenvalue weighted by atomic mass is 19.1. The molecule has 0 bridgehead atoms. The van der Waals surface area contributed by atoms with Gasteiger partial charge in [0.1, 0.15) is 5.82 Å². The van der Waals surface area contributed by atoms with Crippen LogP contribution in [-0.4, -0.2) is 26.0 Å². The highest BCUT2D eigenvalue weighted by molar-refractivity contribution is 6.03. The molecule has 1 aromatic carbocycles. The van der Waals surface area contributed by atoms with Crippen LogP contribution in [0.1, 0.15) is 16.2 Å². The Labute approximate surface area is 105 Å². The van der Waals surface area contributed by atoms with E-state index in [-0.39, 0.29) is 11.5 Å². The second-order valence-corrected chi connectivity index (χ2v) is 3.62. The molecule has 0 saturated heterocycles. The number of nitro groups is 1. The van der Waals surface area contributed by atoms with Crippen molar-refractivity contribution >= 4 is 17.5 Å². The highest BCUT2D eigenvalue weighted by Crippen LogP contribution is 2.18. The lowest BCUT2D eigenvalue weighted by atomic mass is 10.2. The van der Waals surface area contributed by atoms with Crippen LogP contribution in [0.25, 0.3) is 0 Å². The van der Waals surface area contributed by atoms with E-state index < -0.39 is 22.3 Å². The zero-order valence-corrected chi connectivity index (χ0v) is 9.68. The lowest BCUT2D eigenvalue weighted by molar-refractivity contribution is -0.387. The standard InChI is InChI=1S/C10H8FN5O3/c1-5-12-10(15-14-5)13-9(17)6-2-3-8(16(18)19)7(11)4-6/h2-4H,1H3,(H2,12,13,14,15,17). The first-order chi connectivity index (χ1) is 8.97. The molecule has 98 valence electrons. The maximum absolute atomic E-state index is 13.3. The summed E-state index contributed by atoms with van der Waals surface area (Å²) in [6.45, 7) is 1.65. The maximum atomic E-state index is 13.3. The summed E-state index contributed by atoms with van der Waals surface area (Å²) in [4.78, 5) is 25.1. The van der Waals surface area contributed by atoms with Crippen LogP contribution in [0.15, 0.2) is 18.2 Å². The molecule has 1 heterocycles. The van der Waals surface area contributed by atoms with Crippen molar-refractivity contribution in [1.82, 2.24) is 15.2 Å². The van der Waals surface area contributed by atoms with Gasteiger partial charge in [-0.1, -0.05) is 0 Å². The monoisotopic (exact) mass is 265 g/mol. The molecular weight excluding hydrogens is 257 g/mol. The Morgan fingerprint density at radius 2 is 2.26 bits per heavy atom. The Morgan fingerprint density at radius 3 is 2.79 bits per heavy atom. The zero-order chi connectivity index (χ0) is 14.0. The molecule has 2 rings (SSSR count). The molecule has 8 nitrogen and oxygen atoms in total. The number of hydrogen-bond donors (Lipinski definition) is 2. The van der Waals surface area contributed by atoms with E-state index in [4.69, 9.17) is 0 Å². The average molecular weight is 265 g/mol. The molecule has 0 radical (unpaired) electrons. The SMILES string of the molecule is Cc1nc(NC(=O)c2ccc([N+](=O)[O-])c(F)c2)n[nH]1. The lowest BCUT2D eigenvalue weighted by Crippen LogP contribution is -2.13. The van der Waals surface area contributed by atoms with Gasteiger partial charge >= 0.3 is 5.69 Å². The number of amides is 1. The first-order valence-corrected chi connectivity index (χ1v) is 5.11. The van der Waals surface area contributed by atoms with Gasteiger partial charge in [-0.2, -0.15) is 9.37 Å². The number of H-pyrrole nitrogens is 1. The van der Waals surface area contributed by atoms with Crippen LogP contribution < -0.4 is 5.32 Å². The molecule has 0 spiro atoms. The van der Waals surface area contributed by atoms with Crippen molar-refractivity contribution in [1.29, 1.82) is 0 Å². The van der Waals surface area contributed by atoms with E-state index in [9.17, 15) is 19.3 Å². The molecule has 0 unspecified atom stereocenters. The molecule has 0 aliphatic rings. The van der Waals surface area contributed by atoms with Gasteiger partial charge in [0.2, 0.25) is 11.8 Å². The Hall–Kier alpha value is -2.84. The molecule has 19 heavy (non-hydrogen) atoms. The van der Waals surface area contributed by atoms with Gasteiger partial charge in [-0.05, 0) is 19.1 Å². The number of nitrogens with one attached hydrogen (secondary N) is 2. The molecule has 1 aromatic heterocycles. The van der Waals surface area contributed by atoms with Crippen molar-refractivity contribution in [3.8, 4) is 0 Å². The number of anilines is 1. The first kappa shape index (κ1) is 12.6. The molecule has 9 heteroatoms. The van der Waals surface area contributed by atoms with Crippen LogP contribution in [0.3, 0.4) is 0 Å². The number of hydrogen-bond acceptors (Lipinski definition) is 5. The highest BCUT2D eigenvalue weighted by Gasteiger charge is 2.17. The van der Waals surface area contributed by atoms with Crippen LogP contribution in [0.2, 0.25) is 0 Å². The lowest BCUT2D eigenvalue weighted by Gasteiger charge is -2.01. The fraction of sp³-hybridized carbons (Fsp3) is 0.100. The van der Waals surface area contributed by atoms with Crippen LogP contribution in [0.4, 0.5) is 16.0 Å². The van der Waals surface area contributed by atoms with Crippen molar-refractivity contribution in [3.05, 3.63) is 45.5 Å². The Balaban J connectivity index is 2.20. The molecule has 1 amide bonds. The number of benzene rings is 1. The van der Waals surface area contributed by atoms with E-state index in [2.05, 4.69) is 20.5 Å². The number of nitrogens with zero attached hydrogens (tertiary/aromatic N) is 3. The molecule has 2 aromatic rings. The molecule has 2 N–H and O–H groups in total. The first-order valence-electron chi connectivity index (χ1n) is 5.11. The van der Waals surface area contributed by atoms with Gasteiger partial charge in [0, 0.05) is 11.6 Å². The second-order valence-electron chi connectivity index (χ2n) is 3.62. The third kappa shape index (κ3) is 2.70.